The molecule has 0 aliphatic heterocycles. The van der Waals surface area contributed by atoms with Gasteiger partial charge >= 0.3 is 0 Å². The van der Waals surface area contributed by atoms with Gasteiger partial charge in [-0.05, 0) is 54.6 Å². The fourth-order valence-corrected chi connectivity index (χ4v) is 3.13. The maximum Gasteiger partial charge on any atom is 0.129 e. The Bertz CT molecular complexity index is 1020. The molecule has 0 atom stereocenters. The summed E-state index contributed by atoms with van der Waals surface area (Å²) in [4.78, 5) is 2.16. The number of rotatable bonds is 5. The lowest BCUT2D eigenvalue weighted by Gasteiger charge is -2.26. The molecule has 2 nitrogen and oxygen atoms in total. The second-order valence-corrected chi connectivity index (χ2v) is 6.50. The number of ether oxygens (including phenoxy) is 1. The Kier molecular flexibility index (Phi) is 5.08. The maximum atomic E-state index is 6.25. The minimum Gasteiger partial charge on any atom is -0.457 e. The van der Waals surface area contributed by atoms with Gasteiger partial charge in [0.15, 0.2) is 0 Å². The molecule has 0 aromatic heterocycles. The zero-order valence-electron chi connectivity index (χ0n) is 14.6. The van der Waals surface area contributed by atoms with Gasteiger partial charge in [-0.3, -0.25) is 0 Å². The molecule has 0 bridgehead atoms. The third kappa shape index (κ3) is 4.13. The van der Waals surface area contributed by atoms with Crippen LogP contribution in [0.5, 0.6) is 11.5 Å². The van der Waals surface area contributed by atoms with E-state index in [-0.39, 0.29) is 0 Å². The third-order valence-electron chi connectivity index (χ3n) is 4.14. The molecule has 132 valence electrons. The van der Waals surface area contributed by atoms with Crippen molar-refractivity contribution in [1.29, 1.82) is 0 Å². The van der Waals surface area contributed by atoms with Crippen LogP contribution in [-0.4, -0.2) is 0 Å². The smallest absolute Gasteiger partial charge is 0.129 e. The first-order valence-corrected chi connectivity index (χ1v) is 9.11. The number of benzene rings is 4. The Morgan fingerprint density at radius 3 is 1.78 bits per heavy atom. The van der Waals surface area contributed by atoms with E-state index in [0.717, 1.165) is 28.6 Å². The lowest BCUT2D eigenvalue weighted by Crippen LogP contribution is -2.09. The lowest BCUT2D eigenvalue weighted by atomic mass is 10.2. The SMILES string of the molecule is Clc1cccc(N(c2ccccc2)c2cccc(Oc3ccccc3)c2)c1. The van der Waals surface area contributed by atoms with Gasteiger partial charge in [-0.1, -0.05) is 60.1 Å². The number of hydrogen-bond donors (Lipinski definition) is 0. The topological polar surface area (TPSA) is 12.5 Å². The van der Waals surface area contributed by atoms with E-state index in [1.807, 2.05) is 91.0 Å². The van der Waals surface area contributed by atoms with E-state index in [0.29, 0.717) is 5.02 Å². The summed E-state index contributed by atoms with van der Waals surface area (Å²) in [6, 6.07) is 35.9. The maximum absolute atomic E-state index is 6.25. The van der Waals surface area contributed by atoms with Crippen molar-refractivity contribution < 1.29 is 4.74 Å². The molecule has 3 heteroatoms. The molecule has 0 amide bonds. The molecule has 4 rings (SSSR count). The van der Waals surface area contributed by atoms with Crippen LogP contribution in [-0.2, 0) is 0 Å². The molecule has 0 spiro atoms. The third-order valence-corrected chi connectivity index (χ3v) is 4.37. The molecule has 0 saturated heterocycles. The minimum absolute atomic E-state index is 0.699. The first kappa shape index (κ1) is 17.2. The molecule has 4 aromatic carbocycles. The summed E-state index contributed by atoms with van der Waals surface area (Å²) in [6.45, 7) is 0. The van der Waals surface area contributed by atoms with Crippen molar-refractivity contribution in [3.05, 3.63) is 114 Å². The van der Waals surface area contributed by atoms with Gasteiger partial charge in [-0.25, -0.2) is 0 Å². The number of nitrogens with zero attached hydrogens (tertiary/aromatic N) is 1. The van der Waals surface area contributed by atoms with Gasteiger partial charge in [-0.2, -0.15) is 0 Å². The quantitative estimate of drug-likeness (QED) is 0.358. The molecular weight excluding hydrogens is 354 g/mol. The molecular formula is C24H18ClNO. The molecule has 27 heavy (non-hydrogen) atoms. The molecule has 0 heterocycles. The van der Waals surface area contributed by atoms with Gasteiger partial charge in [0.05, 0.1) is 0 Å². The molecule has 0 aliphatic carbocycles. The highest BCUT2D eigenvalue weighted by Gasteiger charge is 2.13. The van der Waals surface area contributed by atoms with Crippen LogP contribution in [0.2, 0.25) is 5.02 Å². The zero-order valence-corrected chi connectivity index (χ0v) is 15.4. The summed E-state index contributed by atoms with van der Waals surface area (Å²) in [5.41, 5.74) is 3.04. The first-order valence-electron chi connectivity index (χ1n) is 8.73. The molecule has 0 fully saturated rings. The van der Waals surface area contributed by atoms with Gasteiger partial charge in [0, 0.05) is 28.2 Å². The van der Waals surface area contributed by atoms with Crippen molar-refractivity contribution in [1.82, 2.24) is 0 Å². The van der Waals surface area contributed by atoms with E-state index in [1.54, 1.807) is 0 Å². The van der Waals surface area contributed by atoms with E-state index in [1.165, 1.54) is 0 Å². The average molecular weight is 372 g/mol. The Balaban J connectivity index is 1.75. The summed E-state index contributed by atoms with van der Waals surface area (Å²) in [6.07, 6.45) is 0. The van der Waals surface area contributed by atoms with Gasteiger partial charge in [0.25, 0.3) is 0 Å². The number of anilines is 3. The molecule has 4 aromatic rings. The summed E-state index contributed by atoms with van der Waals surface area (Å²) < 4.78 is 6.01. The van der Waals surface area contributed by atoms with Crippen molar-refractivity contribution in [3.8, 4) is 11.5 Å². The molecule has 0 saturated carbocycles. The van der Waals surface area contributed by atoms with Crippen molar-refractivity contribution in [3.63, 3.8) is 0 Å². The van der Waals surface area contributed by atoms with E-state index in [9.17, 15) is 0 Å². The van der Waals surface area contributed by atoms with Crippen LogP contribution in [0.15, 0.2) is 109 Å². The monoisotopic (exact) mass is 371 g/mol. The van der Waals surface area contributed by atoms with Gasteiger partial charge in [0.2, 0.25) is 0 Å². The molecule has 0 radical (unpaired) electrons. The first-order chi connectivity index (χ1) is 13.3. The van der Waals surface area contributed by atoms with E-state index in [4.69, 9.17) is 16.3 Å². The standard InChI is InChI=1S/C24H18ClNO/c25-19-9-7-12-21(17-19)26(20-10-3-1-4-11-20)22-13-8-16-24(18-22)27-23-14-5-2-6-15-23/h1-18H. The zero-order chi connectivity index (χ0) is 18.5. The van der Waals surface area contributed by atoms with Crippen LogP contribution in [0.1, 0.15) is 0 Å². The van der Waals surface area contributed by atoms with E-state index >= 15 is 0 Å². The lowest BCUT2D eigenvalue weighted by molar-refractivity contribution is 0.483. The average Bonchev–Trinajstić information content (AvgIpc) is 2.70. The van der Waals surface area contributed by atoms with Crippen molar-refractivity contribution in [2.24, 2.45) is 0 Å². The number of hydrogen-bond acceptors (Lipinski definition) is 2. The molecule has 0 unspecified atom stereocenters. The highest BCUT2D eigenvalue weighted by atomic mass is 35.5. The van der Waals surface area contributed by atoms with Crippen LogP contribution < -0.4 is 9.64 Å². The predicted octanol–water partition coefficient (Wildman–Crippen LogP) is 7.60. The van der Waals surface area contributed by atoms with Crippen LogP contribution >= 0.6 is 11.6 Å². The van der Waals surface area contributed by atoms with E-state index < -0.39 is 0 Å². The van der Waals surface area contributed by atoms with Gasteiger partial charge in [0.1, 0.15) is 11.5 Å². The van der Waals surface area contributed by atoms with Crippen molar-refractivity contribution in [2.45, 2.75) is 0 Å². The van der Waals surface area contributed by atoms with Crippen molar-refractivity contribution in [2.75, 3.05) is 4.90 Å². The minimum atomic E-state index is 0.699. The predicted molar refractivity (Wildman–Crippen MR) is 113 cm³/mol. The second-order valence-electron chi connectivity index (χ2n) is 6.06. The summed E-state index contributed by atoms with van der Waals surface area (Å²) in [7, 11) is 0. The summed E-state index contributed by atoms with van der Waals surface area (Å²) in [5.74, 6) is 1.59. The molecule has 0 N–H and O–H groups in total. The van der Waals surface area contributed by atoms with Crippen LogP contribution in [0.3, 0.4) is 0 Å². The highest BCUT2D eigenvalue weighted by molar-refractivity contribution is 6.30. The van der Waals surface area contributed by atoms with Crippen molar-refractivity contribution >= 4 is 28.7 Å². The highest BCUT2D eigenvalue weighted by Crippen LogP contribution is 2.37. The normalized spacial score (nSPS) is 10.4. The second kappa shape index (κ2) is 7.98. The summed E-state index contributed by atoms with van der Waals surface area (Å²) >= 11 is 6.25. The largest absolute Gasteiger partial charge is 0.457 e. The van der Waals surface area contributed by atoms with E-state index in [2.05, 4.69) is 23.1 Å². The number of para-hydroxylation sites is 2. The summed E-state index contributed by atoms with van der Waals surface area (Å²) in [5, 5.41) is 0.699. The fourth-order valence-electron chi connectivity index (χ4n) is 2.95. The fraction of sp³-hybridized carbons (Fsp3) is 0. The Morgan fingerprint density at radius 2 is 1.07 bits per heavy atom. The Morgan fingerprint density at radius 1 is 0.519 bits per heavy atom. The Labute approximate surface area is 164 Å². The van der Waals surface area contributed by atoms with Crippen LogP contribution in [0, 0.1) is 0 Å². The van der Waals surface area contributed by atoms with Gasteiger partial charge < -0.3 is 9.64 Å². The van der Waals surface area contributed by atoms with Crippen LogP contribution in [0.4, 0.5) is 17.1 Å². The van der Waals surface area contributed by atoms with Gasteiger partial charge in [-0.15, -0.1) is 0 Å². The Hall–Kier alpha value is -3.23. The number of halogens is 1. The van der Waals surface area contributed by atoms with Crippen LogP contribution in [0.25, 0.3) is 0 Å². The molecule has 0 aliphatic rings.